The van der Waals surface area contributed by atoms with E-state index in [0.717, 1.165) is 19.3 Å². The molecule has 0 spiro atoms. The molecule has 1 heterocycles. The number of carbonyl (C=O) groups excluding carboxylic acids is 1. The minimum atomic E-state index is -0.488. The van der Waals surface area contributed by atoms with E-state index in [1.54, 1.807) is 24.1 Å². The third kappa shape index (κ3) is 2.84. The average molecular weight is 291 g/mol. The number of hydrogen-bond acceptors (Lipinski definition) is 4. The standard InChI is InChI=1S/C15H21N3O3/c1-10-6-4-7-11(2)17(10)15(19)12-8-5-9-13(16-3)14(12)18(20)21/h5,8-11,16H,4,6-7H2,1-3H3. The molecule has 1 fully saturated rings. The molecule has 1 N–H and O–H groups in total. The number of benzene rings is 1. The number of piperidine rings is 1. The Kier molecular flexibility index (Phi) is 4.45. The van der Waals surface area contributed by atoms with Crippen molar-refractivity contribution in [1.29, 1.82) is 0 Å². The second-order valence-corrected chi connectivity index (χ2v) is 5.55. The van der Waals surface area contributed by atoms with Crippen molar-refractivity contribution in [1.82, 2.24) is 4.90 Å². The van der Waals surface area contributed by atoms with E-state index in [-0.39, 0.29) is 29.2 Å². The molecular weight excluding hydrogens is 270 g/mol. The molecule has 1 saturated heterocycles. The monoisotopic (exact) mass is 291 g/mol. The lowest BCUT2D eigenvalue weighted by Crippen LogP contribution is -2.47. The van der Waals surface area contributed by atoms with E-state index in [1.807, 2.05) is 13.8 Å². The molecule has 0 radical (unpaired) electrons. The average Bonchev–Trinajstić information content (AvgIpc) is 2.45. The van der Waals surface area contributed by atoms with E-state index in [2.05, 4.69) is 5.32 Å². The van der Waals surface area contributed by atoms with Gasteiger partial charge in [-0.15, -0.1) is 0 Å². The molecule has 0 aromatic heterocycles. The lowest BCUT2D eigenvalue weighted by molar-refractivity contribution is -0.384. The summed E-state index contributed by atoms with van der Waals surface area (Å²) in [5.41, 5.74) is 0.380. The summed E-state index contributed by atoms with van der Waals surface area (Å²) < 4.78 is 0. The van der Waals surface area contributed by atoms with E-state index >= 15 is 0 Å². The molecular formula is C15H21N3O3. The molecule has 0 saturated carbocycles. The molecule has 114 valence electrons. The molecule has 6 heteroatoms. The maximum atomic E-state index is 12.8. The Labute approximate surface area is 124 Å². The summed E-state index contributed by atoms with van der Waals surface area (Å²) in [4.78, 5) is 25.4. The number of hydrogen-bond donors (Lipinski definition) is 1. The number of para-hydroxylation sites is 1. The first-order chi connectivity index (χ1) is 9.97. The number of amides is 1. The summed E-state index contributed by atoms with van der Waals surface area (Å²) >= 11 is 0. The van der Waals surface area contributed by atoms with Crippen LogP contribution >= 0.6 is 0 Å². The predicted molar refractivity (Wildman–Crippen MR) is 81.6 cm³/mol. The Morgan fingerprint density at radius 2 is 1.95 bits per heavy atom. The van der Waals surface area contributed by atoms with Gasteiger partial charge in [-0.25, -0.2) is 0 Å². The summed E-state index contributed by atoms with van der Waals surface area (Å²) in [5, 5.41) is 14.1. The van der Waals surface area contributed by atoms with E-state index in [4.69, 9.17) is 0 Å². The first kappa shape index (κ1) is 15.3. The molecule has 0 aliphatic carbocycles. The summed E-state index contributed by atoms with van der Waals surface area (Å²) in [6.45, 7) is 4.00. The van der Waals surface area contributed by atoms with Gasteiger partial charge < -0.3 is 10.2 Å². The number of nitro benzene ring substituents is 1. The second kappa shape index (κ2) is 6.11. The van der Waals surface area contributed by atoms with E-state index < -0.39 is 4.92 Å². The summed E-state index contributed by atoms with van der Waals surface area (Å²) in [7, 11) is 1.61. The Balaban J connectivity index is 2.45. The van der Waals surface area contributed by atoms with Crippen LogP contribution in [-0.4, -0.2) is 34.9 Å². The van der Waals surface area contributed by atoms with Crippen LogP contribution in [0.15, 0.2) is 18.2 Å². The third-order valence-electron chi connectivity index (χ3n) is 4.15. The van der Waals surface area contributed by atoms with Gasteiger partial charge in [0, 0.05) is 19.1 Å². The highest BCUT2D eigenvalue weighted by atomic mass is 16.6. The molecule has 1 aliphatic heterocycles. The van der Waals surface area contributed by atoms with Crippen LogP contribution in [0, 0.1) is 10.1 Å². The Bertz CT molecular complexity index is 549. The molecule has 2 unspecified atom stereocenters. The molecule has 2 atom stereocenters. The van der Waals surface area contributed by atoms with Gasteiger partial charge in [-0.3, -0.25) is 14.9 Å². The Hall–Kier alpha value is -2.11. The van der Waals surface area contributed by atoms with Gasteiger partial charge in [0.25, 0.3) is 5.91 Å². The quantitative estimate of drug-likeness (QED) is 0.686. The minimum absolute atomic E-state index is 0.110. The fraction of sp³-hybridized carbons (Fsp3) is 0.533. The first-order valence-corrected chi connectivity index (χ1v) is 7.25. The first-order valence-electron chi connectivity index (χ1n) is 7.25. The predicted octanol–water partition coefficient (Wildman–Crippen LogP) is 3.04. The van der Waals surface area contributed by atoms with Crippen molar-refractivity contribution in [2.75, 3.05) is 12.4 Å². The largest absolute Gasteiger partial charge is 0.383 e. The van der Waals surface area contributed by atoms with Crippen molar-refractivity contribution in [3.05, 3.63) is 33.9 Å². The zero-order valence-corrected chi connectivity index (χ0v) is 12.6. The highest BCUT2D eigenvalue weighted by Crippen LogP contribution is 2.32. The van der Waals surface area contributed by atoms with Crippen molar-refractivity contribution < 1.29 is 9.72 Å². The number of nitrogens with zero attached hydrogens (tertiary/aromatic N) is 2. The zero-order chi connectivity index (χ0) is 15.6. The van der Waals surface area contributed by atoms with Crippen molar-refractivity contribution >= 4 is 17.3 Å². The summed E-state index contributed by atoms with van der Waals surface area (Å²) in [6.07, 6.45) is 2.97. The lowest BCUT2D eigenvalue weighted by Gasteiger charge is -2.39. The van der Waals surface area contributed by atoms with Gasteiger partial charge in [0.05, 0.1) is 4.92 Å². The van der Waals surface area contributed by atoms with Crippen LogP contribution in [0.25, 0.3) is 0 Å². The number of rotatable bonds is 3. The van der Waals surface area contributed by atoms with Gasteiger partial charge in [-0.2, -0.15) is 0 Å². The van der Waals surface area contributed by atoms with E-state index in [0.29, 0.717) is 5.69 Å². The number of carbonyl (C=O) groups is 1. The number of nitrogens with one attached hydrogen (secondary N) is 1. The molecule has 6 nitrogen and oxygen atoms in total. The SMILES string of the molecule is CNc1cccc(C(=O)N2C(C)CCCC2C)c1[N+](=O)[O-]. The van der Waals surface area contributed by atoms with E-state index in [1.165, 1.54) is 6.07 Å². The molecule has 2 rings (SSSR count). The molecule has 1 amide bonds. The zero-order valence-electron chi connectivity index (χ0n) is 12.6. The summed E-state index contributed by atoms with van der Waals surface area (Å²) in [5.74, 6) is -0.251. The van der Waals surface area contributed by atoms with Gasteiger partial charge in [-0.1, -0.05) is 6.07 Å². The van der Waals surface area contributed by atoms with Crippen LogP contribution in [0.5, 0.6) is 0 Å². The van der Waals surface area contributed by atoms with Crippen LogP contribution < -0.4 is 5.32 Å². The fourth-order valence-corrected chi connectivity index (χ4v) is 3.08. The minimum Gasteiger partial charge on any atom is -0.383 e. The van der Waals surface area contributed by atoms with Crippen LogP contribution in [0.1, 0.15) is 43.5 Å². The van der Waals surface area contributed by atoms with Crippen LogP contribution in [0.2, 0.25) is 0 Å². The maximum absolute atomic E-state index is 12.8. The molecule has 1 aromatic carbocycles. The Morgan fingerprint density at radius 1 is 1.33 bits per heavy atom. The number of likely N-dealkylation sites (tertiary alicyclic amines) is 1. The van der Waals surface area contributed by atoms with Crippen LogP contribution in [0.4, 0.5) is 11.4 Å². The van der Waals surface area contributed by atoms with Crippen molar-refractivity contribution in [2.45, 2.75) is 45.2 Å². The van der Waals surface area contributed by atoms with Crippen molar-refractivity contribution in [2.24, 2.45) is 0 Å². The highest BCUT2D eigenvalue weighted by molar-refractivity contribution is 6.00. The molecule has 0 bridgehead atoms. The number of nitro groups is 1. The van der Waals surface area contributed by atoms with Gasteiger partial charge in [-0.05, 0) is 45.2 Å². The van der Waals surface area contributed by atoms with E-state index in [9.17, 15) is 14.9 Å². The van der Waals surface area contributed by atoms with Crippen molar-refractivity contribution in [3.8, 4) is 0 Å². The normalized spacial score (nSPS) is 22.0. The fourth-order valence-electron chi connectivity index (χ4n) is 3.08. The van der Waals surface area contributed by atoms with Gasteiger partial charge in [0.15, 0.2) is 0 Å². The molecule has 1 aliphatic rings. The maximum Gasteiger partial charge on any atom is 0.305 e. The van der Waals surface area contributed by atoms with Gasteiger partial charge in [0.1, 0.15) is 11.3 Å². The molecule has 21 heavy (non-hydrogen) atoms. The van der Waals surface area contributed by atoms with Crippen LogP contribution in [-0.2, 0) is 0 Å². The smallest absolute Gasteiger partial charge is 0.305 e. The molecule has 1 aromatic rings. The lowest BCUT2D eigenvalue weighted by atomic mass is 9.96. The van der Waals surface area contributed by atoms with Gasteiger partial charge >= 0.3 is 5.69 Å². The number of anilines is 1. The Morgan fingerprint density at radius 3 is 2.48 bits per heavy atom. The topological polar surface area (TPSA) is 75.5 Å². The van der Waals surface area contributed by atoms with Crippen LogP contribution in [0.3, 0.4) is 0 Å². The highest BCUT2D eigenvalue weighted by Gasteiger charge is 2.34. The summed E-state index contributed by atoms with van der Waals surface area (Å²) in [6, 6.07) is 5.04. The van der Waals surface area contributed by atoms with Gasteiger partial charge in [0.2, 0.25) is 0 Å². The second-order valence-electron chi connectivity index (χ2n) is 5.55. The third-order valence-corrected chi connectivity index (χ3v) is 4.15. The van der Waals surface area contributed by atoms with Crippen molar-refractivity contribution in [3.63, 3.8) is 0 Å².